The van der Waals surface area contributed by atoms with Gasteiger partial charge in [-0.3, -0.25) is 14.4 Å². The van der Waals surface area contributed by atoms with Crippen molar-refractivity contribution in [3.8, 4) is 0 Å². The Bertz CT molecular complexity index is 998. The Morgan fingerprint density at radius 2 is 1.59 bits per heavy atom. The predicted molar refractivity (Wildman–Crippen MR) is 107 cm³/mol. The molecule has 0 heterocycles. The van der Waals surface area contributed by atoms with Gasteiger partial charge in [-0.05, 0) is 57.2 Å². The molecule has 0 saturated carbocycles. The molecule has 8 nitrogen and oxygen atoms in total. The molecule has 2 N–H and O–H groups in total. The second kappa shape index (κ2) is 9.44. The molecule has 0 aliphatic heterocycles. The SMILES string of the molecule is CC(=O)c1ccc(NC(=O)[C@H](C)OC(=O)CNS(=O)(=O)c2ccc(C)cc2)cc1. The highest BCUT2D eigenvalue weighted by Crippen LogP contribution is 2.12. The van der Waals surface area contributed by atoms with E-state index in [-0.39, 0.29) is 10.7 Å². The van der Waals surface area contributed by atoms with Gasteiger partial charge in [0.05, 0.1) is 4.90 Å². The van der Waals surface area contributed by atoms with E-state index in [0.717, 1.165) is 5.56 Å². The van der Waals surface area contributed by atoms with Gasteiger partial charge in [-0.15, -0.1) is 0 Å². The molecule has 0 aromatic heterocycles. The zero-order chi connectivity index (χ0) is 21.6. The Labute approximate surface area is 169 Å². The third kappa shape index (κ3) is 6.51. The number of carbonyl (C=O) groups is 3. The first-order valence-corrected chi connectivity index (χ1v) is 10.2. The van der Waals surface area contributed by atoms with Gasteiger partial charge in [-0.2, -0.15) is 4.72 Å². The van der Waals surface area contributed by atoms with Crippen molar-refractivity contribution in [1.82, 2.24) is 4.72 Å². The number of hydrogen-bond acceptors (Lipinski definition) is 6. The van der Waals surface area contributed by atoms with E-state index < -0.39 is 34.5 Å². The van der Waals surface area contributed by atoms with Crippen LogP contribution in [0.1, 0.15) is 29.8 Å². The van der Waals surface area contributed by atoms with Crippen LogP contribution in [0.4, 0.5) is 5.69 Å². The summed E-state index contributed by atoms with van der Waals surface area (Å²) < 4.78 is 31.4. The van der Waals surface area contributed by atoms with Crippen LogP contribution in [-0.2, 0) is 24.3 Å². The van der Waals surface area contributed by atoms with Crippen LogP contribution >= 0.6 is 0 Å². The molecule has 2 rings (SSSR count). The van der Waals surface area contributed by atoms with E-state index in [0.29, 0.717) is 11.3 Å². The van der Waals surface area contributed by atoms with Crippen LogP contribution in [-0.4, -0.2) is 38.7 Å². The number of anilines is 1. The zero-order valence-electron chi connectivity index (χ0n) is 16.3. The van der Waals surface area contributed by atoms with Crippen LogP contribution in [0.15, 0.2) is 53.4 Å². The summed E-state index contributed by atoms with van der Waals surface area (Å²) in [5.74, 6) is -1.58. The fraction of sp³-hybridized carbons (Fsp3) is 0.250. The van der Waals surface area contributed by atoms with E-state index in [2.05, 4.69) is 10.0 Å². The largest absolute Gasteiger partial charge is 0.452 e. The first-order chi connectivity index (χ1) is 13.6. The maximum Gasteiger partial charge on any atom is 0.321 e. The van der Waals surface area contributed by atoms with E-state index >= 15 is 0 Å². The Hall–Kier alpha value is -3.04. The van der Waals surface area contributed by atoms with Crippen molar-refractivity contribution >= 4 is 33.4 Å². The number of aryl methyl sites for hydroxylation is 1. The molecule has 29 heavy (non-hydrogen) atoms. The van der Waals surface area contributed by atoms with E-state index in [4.69, 9.17) is 4.74 Å². The Balaban J connectivity index is 1.86. The highest BCUT2D eigenvalue weighted by atomic mass is 32.2. The van der Waals surface area contributed by atoms with Crippen LogP contribution in [0.3, 0.4) is 0 Å². The molecule has 0 spiro atoms. The number of hydrogen-bond donors (Lipinski definition) is 2. The lowest BCUT2D eigenvalue weighted by Crippen LogP contribution is -2.35. The number of ketones is 1. The smallest absolute Gasteiger partial charge is 0.321 e. The summed E-state index contributed by atoms with van der Waals surface area (Å²) in [6.07, 6.45) is -1.14. The lowest BCUT2D eigenvalue weighted by atomic mass is 10.1. The van der Waals surface area contributed by atoms with Gasteiger partial charge in [0.25, 0.3) is 5.91 Å². The van der Waals surface area contributed by atoms with E-state index in [1.54, 1.807) is 36.4 Å². The van der Waals surface area contributed by atoms with Gasteiger partial charge < -0.3 is 10.1 Å². The van der Waals surface area contributed by atoms with Crippen LogP contribution in [0, 0.1) is 6.92 Å². The predicted octanol–water partition coefficient (Wildman–Crippen LogP) is 2.05. The van der Waals surface area contributed by atoms with E-state index in [1.807, 2.05) is 6.92 Å². The van der Waals surface area contributed by atoms with Crippen molar-refractivity contribution in [2.75, 3.05) is 11.9 Å². The van der Waals surface area contributed by atoms with Crippen LogP contribution in [0.2, 0.25) is 0 Å². The van der Waals surface area contributed by atoms with Crippen molar-refractivity contribution in [1.29, 1.82) is 0 Å². The van der Waals surface area contributed by atoms with Gasteiger partial charge in [0.15, 0.2) is 11.9 Å². The first-order valence-electron chi connectivity index (χ1n) is 8.76. The van der Waals surface area contributed by atoms with Gasteiger partial charge in [-0.25, -0.2) is 8.42 Å². The molecule has 1 amide bonds. The molecular formula is C20H22N2O6S. The summed E-state index contributed by atoms with van der Waals surface area (Å²) in [6, 6.07) is 12.4. The summed E-state index contributed by atoms with van der Waals surface area (Å²) in [5, 5.41) is 2.55. The minimum atomic E-state index is -3.87. The monoisotopic (exact) mass is 418 g/mol. The summed E-state index contributed by atoms with van der Waals surface area (Å²) in [6.45, 7) is 4.01. The van der Waals surface area contributed by atoms with Crippen molar-refractivity contribution < 1.29 is 27.5 Å². The molecule has 1 atom stereocenters. The summed E-state index contributed by atoms with van der Waals surface area (Å²) in [7, 11) is -3.87. The standard InChI is InChI=1S/C20H22N2O6S/c1-13-4-10-18(11-5-13)29(26,27)21-12-19(24)28-15(3)20(25)22-17-8-6-16(7-9-17)14(2)23/h4-11,15,21H,12H2,1-3H3,(H,22,25)/t15-/m0/s1. The molecule has 0 aliphatic rings. The summed E-state index contributed by atoms with van der Waals surface area (Å²) >= 11 is 0. The quantitative estimate of drug-likeness (QED) is 0.500. The minimum absolute atomic E-state index is 0.0238. The van der Waals surface area contributed by atoms with Crippen LogP contribution in [0.5, 0.6) is 0 Å². The second-order valence-electron chi connectivity index (χ2n) is 6.39. The molecule has 0 radical (unpaired) electrons. The first kappa shape index (κ1) is 22.3. The molecule has 2 aromatic carbocycles. The minimum Gasteiger partial charge on any atom is -0.452 e. The molecular weight excluding hydrogens is 396 g/mol. The zero-order valence-corrected chi connectivity index (χ0v) is 17.1. The molecule has 0 bridgehead atoms. The molecule has 2 aromatic rings. The number of ether oxygens (including phenoxy) is 1. The van der Waals surface area contributed by atoms with Crippen LogP contribution < -0.4 is 10.0 Å². The van der Waals surface area contributed by atoms with Gasteiger partial charge in [0.1, 0.15) is 6.54 Å². The average Bonchev–Trinajstić information content (AvgIpc) is 2.67. The lowest BCUT2D eigenvalue weighted by Gasteiger charge is -2.14. The molecule has 154 valence electrons. The number of nitrogens with one attached hydrogen (secondary N) is 2. The van der Waals surface area contributed by atoms with Crippen LogP contribution in [0.25, 0.3) is 0 Å². The Morgan fingerprint density at radius 1 is 1.00 bits per heavy atom. The third-order valence-corrected chi connectivity index (χ3v) is 5.39. The normalized spacial score (nSPS) is 12.1. The van der Waals surface area contributed by atoms with Crippen molar-refractivity contribution in [3.05, 3.63) is 59.7 Å². The number of benzene rings is 2. The van der Waals surface area contributed by atoms with Gasteiger partial charge in [-0.1, -0.05) is 17.7 Å². The molecule has 0 fully saturated rings. The number of sulfonamides is 1. The molecule has 0 unspecified atom stereocenters. The number of esters is 1. The fourth-order valence-electron chi connectivity index (χ4n) is 2.28. The summed E-state index contributed by atoms with van der Waals surface area (Å²) in [4.78, 5) is 35.3. The maximum absolute atomic E-state index is 12.2. The number of rotatable bonds is 8. The lowest BCUT2D eigenvalue weighted by molar-refractivity contribution is -0.151. The number of amides is 1. The van der Waals surface area contributed by atoms with E-state index in [1.165, 1.54) is 26.0 Å². The highest BCUT2D eigenvalue weighted by molar-refractivity contribution is 7.89. The van der Waals surface area contributed by atoms with Crippen molar-refractivity contribution in [3.63, 3.8) is 0 Å². The van der Waals surface area contributed by atoms with Crippen molar-refractivity contribution in [2.24, 2.45) is 0 Å². The molecule has 0 aliphatic carbocycles. The molecule has 0 saturated heterocycles. The second-order valence-corrected chi connectivity index (χ2v) is 8.16. The highest BCUT2D eigenvalue weighted by Gasteiger charge is 2.20. The number of carbonyl (C=O) groups excluding carboxylic acids is 3. The third-order valence-electron chi connectivity index (χ3n) is 3.97. The van der Waals surface area contributed by atoms with Gasteiger partial charge in [0, 0.05) is 11.3 Å². The molecule has 9 heteroatoms. The van der Waals surface area contributed by atoms with E-state index in [9.17, 15) is 22.8 Å². The van der Waals surface area contributed by atoms with Gasteiger partial charge >= 0.3 is 5.97 Å². The Kier molecular flexibility index (Phi) is 7.24. The summed E-state index contributed by atoms with van der Waals surface area (Å²) in [5.41, 5.74) is 1.84. The van der Waals surface area contributed by atoms with Crippen molar-refractivity contribution in [2.45, 2.75) is 31.8 Å². The fourth-order valence-corrected chi connectivity index (χ4v) is 3.25. The average molecular weight is 418 g/mol. The number of Topliss-reactive ketones (excluding diaryl/α,β-unsaturated/α-hetero) is 1. The topological polar surface area (TPSA) is 119 Å². The maximum atomic E-state index is 12.2. The van der Waals surface area contributed by atoms with Gasteiger partial charge in [0.2, 0.25) is 10.0 Å². The Morgan fingerprint density at radius 3 is 2.14 bits per heavy atom.